The van der Waals surface area contributed by atoms with Gasteiger partial charge in [-0.3, -0.25) is 0 Å². The molecule has 0 aliphatic carbocycles. The Morgan fingerprint density at radius 3 is 1.98 bits per heavy atom. The fraction of sp³-hybridized carbons (Fsp3) is 0.176. The number of aromatic nitrogens is 2. The number of hydrogen-bond donors (Lipinski definition) is 0. The third kappa shape index (κ3) is 7.04. The summed E-state index contributed by atoms with van der Waals surface area (Å²) in [6, 6.07) is 54.0. The van der Waals surface area contributed by atoms with Crippen LogP contribution >= 0.6 is 0 Å². The van der Waals surface area contributed by atoms with E-state index in [0.29, 0.717) is 11.5 Å². The van der Waals surface area contributed by atoms with Gasteiger partial charge >= 0.3 is 0 Å². The smallest absolute Gasteiger partial charge is 0.139 e. The van der Waals surface area contributed by atoms with Crippen molar-refractivity contribution in [2.45, 2.75) is 59.3 Å². The van der Waals surface area contributed by atoms with Gasteiger partial charge in [0, 0.05) is 66.9 Å². The zero-order valence-electron chi connectivity index (χ0n) is 33.4. The summed E-state index contributed by atoms with van der Waals surface area (Å²) in [5.74, 6) is 2.08. The van der Waals surface area contributed by atoms with E-state index in [0.717, 1.165) is 67.1 Å². The number of fused-ring (bicyclic) bond motifs is 4. The predicted octanol–water partition coefficient (Wildman–Crippen LogP) is 13.5. The van der Waals surface area contributed by atoms with Crippen LogP contribution in [0.15, 0.2) is 140 Å². The van der Waals surface area contributed by atoms with Crippen molar-refractivity contribution in [1.29, 1.82) is 0 Å². The van der Waals surface area contributed by atoms with Crippen molar-refractivity contribution < 1.29 is 25.8 Å². The fourth-order valence-electron chi connectivity index (χ4n) is 7.71. The first-order chi connectivity index (χ1) is 26.9. The van der Waals surface area contributed by atoms with Crippen LogP contribution in [0.3, 0.4) is 0 Å². The van der Waals surface area contributed by atoms with Gasteiger partial charge in [-0.25, -0.2) is 4.98 Å². The Labute approximate surface area is 350 Å². The second-order valence-electron chi connectivity index (χ2n) is 16.7. The average molecular weight is 925 g/mol. The van der Waals surface area contributed by atoms with Gasteiger partial charge in [0.15, 0.2) is 0 Å². The third-order valence-electron chi connectivity index (χ3n) is 10.8. The summed E-state index contributed by atoms with van der Waals surface area (Å²) in [5, 5.41) is 2.23. The molecule has 0 saturated heterocycles. The van der Waals surface area contributed by atoms with Crippen LogP contribution in [-0.2, 0) is 31.9 Å². The number of rotatable bonds is 6. The van der Waals surface area contributed by atoms with Gasteiger partial charge < -0.3 is 19.1 Å². The molecule has 2 aromatic heterocycles. The minimum absolute atomic E-state index is 0. The largest absolute Gasteiger partial charge is 0.509 e. The van der Waals surface area contributed by atoms with Gasteiger partial charge in [0.25, 0.3) is 0 Å². The van der Waals surface area contributed by atoms with Gasteiger partial charge in [0.1, 0.15) is 5.82 Å². The monoisotopic (exact) mass is 924 g/mol. The number of pyridine rings is 1. The van der Waals surface area contributed by atoms with E-state index in [1.165, 1.54) is 11.1 Å². The molecule has 8 aromatic rings. The van der Waals surface area contributed by atoms with Crippen molar-refractivity contribution in [3.8, 4) is 28.4 Å². The zero-order valence-corrected chi connectivity index (χ0v) is 35.6. The number of benzene rings is 6. The van der Waals surface area contributed by atoms with Crippen LogP contribution in [0.1, 0.15) is 58.2 Å². The van der Waals surface area contributed by atoms with Crippen molar-refractivity contribution in [2.75, 3.05) is 9.80 Å². The van der Waals surface area contributed by atoms with Crippen LogP contribution < -0.4 is 14.5 Å². The van der Waals surface area contributed by atoms with Crippen LogP contribution in [-0.4, -0.2) is 9.55 Å². The van der Waals surface area contributed by atoms with E-state index in [9.17, 15) is 0 Å². The fourth-order valence-corrected chi connectivity index (χ4v) is 7.71. The van der Waals surface area contributed by atoms with Crippen molar-refractivity contribution in [3.05, 3.63) is 175 Å². The van der Waals surface area contributed by atoms with Gasteiger partial charge in [-0.15, -0.1) is 48.1 Å². The van der Waals surface area contributed by atoms with E-state index in [4.69, 9.17) is 9.72 Å². The van der Waals surface area contributed by atoms with Crippen molar-refractivity contribution in [2.24, 2.45) is 0 Å². The molecule has 5 nitrogen and oxygen atoms in total. The maximum Gasteiger partial charge on any atom is 0.139 e. The molecule has 0 radical (unpaired) electrons. The Hall–Kier alpha value is -5.64. The minimum Gasteiger partial charge on any atom is -0.509 e. The Bertz CT molecular complexity index is 2720. The molecule has 1 aliphatic rings. The second kappa shape index (κ2) is 14.7. The minimum atomic E-state index is 0. The van der Waals surface area contributed by atoms with E-state index < -0.39 is 0 Å². The number of para-hydroxylation sites is 3. The van der Waals surface area contributed by atoms with Crippen molar-refractivity contribution >= 4 is 44.6 Å². The van der Waals surface area contributed by atoms with Gasteiger partial charge in [-0.2, -0.15) is 12.1 Å². The molecule has 0 fully saturated rings. The molecule has 1 aliphatic heterocycles. The van der Waals surface area contributed by atoms with Gasteiger partial charge in [0.05, 0.1) is 0 Å². The molecule has 6 heteroatoms. The predicted molar refractivity (Wildman–Crippen MR) is 232 cm³/mol. The summed E-state index contributed by atoms with van der Waals surface area (Å²) in [6.07, 6.45) is 1.89. The van der Waals surface area contributed by atoms with E-state index >= 15 is 0 Å². The number of ether oxygens (including phenoxy) is 1. The molecule has 57 heavy (non-hydrogen) atoms. The number of hydrogen-bond acceptors (Lipinski definition) is 4. The normalized spacial score (nSPS) is 12.9. The van der Waals surface area contributed by atoms with Crippen LogP contribution in [0.5, 0.6) is 11.5 Å². The van der Waals surface area contributed by atoms with Crippen LogP contribution in [0.2, 0.25) is 0 Å². The molecule has 0 unspecified atom stereocenters. The molecule has 0 atom stereocenters. The topological polar surface area (TPSA) is 33.5 Å². The maximum absolute atomic E-state index is 6.60. The molecule has 0 spiro atoms. The van der Waals surface area contributed by atoms with E-state index in [1.807, 2.05) is 30.5 Å². The van der Waals surface area contributed by atoms with E-state index in [1.54, 1.807) is 0 Å². The SMILES string of the molecule is Cc1c(-c2ccccc2)ccnc1-n1c2[c-]c(Oc3[c-]c(N4[CH-]N(c5cc(C(C)(C)C)cc(C(C)(C)C)c5)c5ccccc54)ccc3)ccc2c2ccccc21.[Pt]. The standard InChI is InChI=1S/C51H45N4O.Pt/c1-34-42(35-16-9-8-10-17-35)26-27-52-49(34)55-45-21-12-11-20-43(45)44-25-24-41(32-48(44)55)56-40-19-15-18-38(31-40)53-33-54(47-23-14-13-22-46(47)53)39-29-36(50(2,3)4)28-37(30-39)51(5,6)7;/h8-30,33H,1-7H3;/q-3;. The summed E-state index contributed by atoms with van der Waals surface area (Å²) in [5.41, 5.74) is 12.2. The summed E-state index contributed by atoms with van der Waals surface area (Å²) in [4.78, 5) is 9.43. The molecule has 0 bridgehead atoms. The molecule has 288 valence electrons. The first kappa shape index (κ1) is 38.2. The zero-order chi connectivity index (χ0) is 38.8. The summed E-state index contributed by atoms with van der Waals surface area (Å²) >= 11 is 0. The number of anilines is 4. The molecule has 3 heterocycles. The molecule has 0 amide bonds. The number of nitrogens with zero attached hydrogens (tertiary/aromatic N) is 4. The van der Waals surface area contributed by atoms with Gasteiger partial charge in [0.2, 0.25) is 0 Å². The van der Waals surface area contributed by atoms with Crippen LogP contribution in [0, 0.1) is 25.7 Å². The Kier molecular flexibility index (Phi) is 9.86. The Morgan fingerprint density at radius 2 is 1.26 bits per heavy atom. The van der Waals surface area contributed by atoms with E-state index in [-0.39, 0.29) is 31.9 Å². The Balaban J connectivity index is 0.00000455. The van der Waals surface area contributed by atoms with E-state index in [2.05, 4.69) is 191 Å². The summed E-state index contributed by atoms with van der Waals surface area (Å²) in [6.45, 7) is 18.0. The second-order valence-corrected chi connectivity index (χ2v) is 16.7. The molecule has 0 saturated carbocycles. The van der Waals surface area contributed by atoms with Crippen molar-refractivity contribution in [1.82, 2.24) is 9.55 Å². The third-order valence-corrected chi connectivity index (χ3v) is 10.8. The van der Waals surface area contributed by atoms with Crippen LogP contribution in [0.25, 0.3) is 38.8 Å². The van der Waals surface area contributed by atoms with Crippen LogP contribution in [0.4, 0.5) is 22.7 Å². The first-order valence-electron chi connectivity index (χ1n) is 19.3. The molecular weight excluding hydrogens is 880 g/mol. The first-order valence-corrected chi connectivity index (χ1v) is 19.3. The average Bonchev–Trinajstić information content (AvgIpc) is 3.74. The molecular formula is C51H45N4OPt-3. The molecule has 6 aromatic carbocycles. The van der Waals surface area contributed by atoms with Gasteiger partial charge in [-0.1, -0.05) is 114 Å². The summed E-state index contributed by atoms with van der Waals surface area (Å²) < 4.78 is 8.82. The summed E-state index contributed by atoms with van der Waals surface area (Å²) in [7, 11) is 0. The maximum atomic E-state index is 6.60. The van der Waals surface area contributed by atoms with Gasteiger partial charge in [-0.05, 0) is 81.8 Å². The van der Waals surface area contributed by atoms with Crippen molar-refractivity contribution in [3.63, 3.8) is 0 Å². The quantitative estimate of drug-likeness (QED) is 0.156. The molecule has 9 rings (SSSR count). The molecule has 0 N–H and O–H groups in total. The Morgan fingerprint density at radius 1 is 0.614 bits per heavy atom.